The average Bonchev–Trinajstić information content (AvgIpc) is 2.99. The summed E-state index contributed by atoms with van der Waals surface area (Å²) in [5, 5.41) is 18.4. The van der Waals surface area contributed by atoms with Crippen molar-refractivity contribution in [3.8, 4) is 0 Å². The predicted octanol–water partition coefficient (Wildman–Crippen LogP) is 3.80. The average molecular weight is 577 g/mol. The number of nitrogens with one attached hydrogen (secondary N) is 3. The molecule has 0 aliphatic heterocycles. The summed E-state index contributed by atoms with van der Waals surface area (Å²) in [5.74, 6) is -0.701. The van der Waals surface area contributed by atoms with Gasteiger partial charge in [0.2, 0.25) is 0 Å². The van der Waals surface area contributed by atoms with Crippen LogP contribution >= 0.6 is 0 Å². The van der Waals surface area contributed by atoms with E-state index in [1.54, 1.807) is 18.9 Å². The SMILES string of the molecule is COC(=O)N[C@H](C(=O)NN(Cc1ccccc1)C[C@H](O)C(Cc1ccccc1)NC(=O)OCc1ccccc1)C(C)C. The second kappa shape index (κ2) is 16.8. The highest BCUT2D eigenvalue weighted by molar-refractivity contribution is 5.85. The Balaban J connectivity index is 1.77. The molecule has 0 aliphatic rings. The molecule has 10 nitrogen and oxygen atoms in total. The maximum absolute atomic E-state index is 13.3. The highest BCUT2D eigenvalue weighted by atomic mass is 16.5. The van der Waals surface area contributed by atoms with Crippen molar-refractivity contribution in [2.75, 3.05) is 13.7 Å². The molecular weight excluding hydrogens is 536 g/mol. The molecule has 224 valence electrons. The van der Waals surface area contributed by atoms with Gasteiger partial charge in [0.15, 0.2) is 0 Å². The van der Waals surface area contributed by atoms with E-state index < -0.39 is 36.3 Å². The first-order valence-corrected chi connectivity index (χ1v) is 13.9. The van der Waals surface area contributed by atoms with Crippen molar-refractivity contribution in [1.82, 2.24) is 21.1 Å². The first kappa shape index (κ1) is 32.1. The summed E-state index contributed by atoms with van der Waals surface area (Å²) in [5.41, 5.74) is 5.48. The van der Waals surface area contributed by atoms with Crippen LogP contribution in [-0.2, 0) is 33.8 Å². The van der Waals surface area contributed by atoms with E-state index in [1.165, 1.54) is 7.11 Å². The third-order valence-electron chi connectivity index (χ3n) is 6.58. The number of alkyl carbamates (subject to hydrolysis) is 2. The monoisotopic (exact) mass is 576 g/mol. The molecule has 0 fully saturated rings. The lowest BCUT2D eigenvalue weighted by molar-refractivity contribution is -0.130. The Kier molecular flexibility index (Phi) is 12.8. The van der Waals surface area contributed by atoms with Crippen LogP contribution in [0.3, 0.4) is 0 Å². The Labute approximate surface area is 247 Å². The van der Waals surface area contributed by atoms with Gasteiger partial charge in [-0.3, -0.25) is 10.2 Å². The summed E-state index contributed by atoms with van der Waals surface area (Å²) in [4.78, 5) is 38.0. The Hall–Kier alpha value is -4.41. The molecule has 0 heterocycles. The van der Waals surface area contributed by atoms with Gasteiger partial charge in [0.05, 0.1) is 19.3 Å². The van der Waals surface area contributed by atoms with Crippen molar-refractivity contribution in [1.29, 1.82) is 0 Å². The van der Waals surface area contributed by atoms with Crippen molar-refractivity contribution >= 4 is 18.1 Å². The molecule has 10 heteroatoms. The second-order valence-corrected chi connectivity index (χ2v) is 10.3. The standard InChI is InChI=1S/C32H40N4O6/c1-23(2)29(34-31(39)41-3)30(38)35-36(20-25-15-9-5-10-16-25)21-28(37)27(19-24-13-7-4-8-14-24)33-32(40)42-22-26-17-11-6-12-18-26/h4-18,23,27-29,37H,19-22H2,1-3H3,(H,33,40)(H,34,39)(H,35,38)/t27?,28-,29-/m0/s1. The summed E-state index contributed by atoms with van der Waals surface area (Å²) < 4.78 is 10.1. The molecule has 1 unspecified atom stereocenters. The number of hydrogen-bond donors (Lipinski definition) is 4. The molecule has 0 aromatic heterocycles. The summed E-state index contributed by atoms with van der Waals surface area (Å²) in [6.45, 7) is 3.93. The number of ether oxygens (including phenoxy) is 2. The maximum Gasteiger partial charge on any atom is 0.407 e. The molecule has 0 aliphatic carbocycles. The lowest BCUT2D eigenvalue weighted by Gasteiger charge is -2.32. The molecule has 0 bridgehead atoms. The number of rotatable bonds is 14. The fourth-order valence-corrected chi connectivity index (χ4v) is 4.32. The van der Waals surface area contributed by atoms with E-state index >= 15 is 0 Å². The number of aliphatic hydroxyl groups is 1. The van der Waals surface area contributed by atoms with Gasteiger partial charge in [-0.1, -0.05) is 105 Å². The number of amides is 3. The number of hydrogen-bond acceptors (Lipinski definition) is 7. The van der Waals surface area contributed by atoms with Crippen LogP contribution in [0.1, 0.15) is 30.5 Å². The van der Waals surface area contributed by atoms with Gasteiger partial charge in [-0.15, -0.1) is 0 Å². The molecular formula is C32H40N4O6. The van der Waals surface area contributed by atoms with Crippen LogP contribution < -0.4 is 16.1 Å². The van der Waals surface area contributed by atoms with E-state index in [9.17, 15) is 19.5 Å². The van der Waals surface area contributed by atoms with Gasteiger partial charge in [-0.2, -0.15) is 0 Å². The van der Waals surface area contributed by atoms with Crippen LogP contribution in [0, 0.1) is 5.92 Å². The topological polar surface area (TPSA) is 129 Å². The van der Waals surface area contributed by atoms with E-state index in [1.807, 2.05) is 91.0 Å². The van der Waals surface area contributed by atoms with Gasteiger partial charge in [-0.05, 0) is 29.0 Å². The minimum Gasteiger partial charge on any atom is -0.453 e. The van der Waals surface area contributed by atoms with Crippen molar-refractivity contribution in [2.24, 2.45) is 5.92 Å². The van der Waals surface area contributed by atoms with Crippen molar-refractivity contribution in [3.05, 3.63) is 108 Å². The van der Waals surface area contributed by atoms with E-state index in [0.717, 1.165) is 16.7 Å². The molecule has 3 aromatic carbocycles. The Morgan fingerprint density at radius 2 is 1.33 bits per heavy atom. The Morgan fingerprint density at radius 1 is 0.786 bits per heavy atom. The van der Waals surface area contributed by atoms with Gasteiger partial charge in [0.1, 0.15) is 12.6 Å². The molecule has 3 amide bonds. The number of nitrogens with zero attached hydrogens (tertiary/aromatic N) is 1. The van der Waals surface area contributed by atoms with Crippen LogP contribution in [-0.4, -0.2) is 60.1 Å². The number of methoxy groups -OCH3 is 1. The summed E-state index contributed by atoms with van der Waals surface area (Å²) in [6, 6.07) is 26.6. The zero-order valence-electron chi connectivity index (χ0n) is 24.2. The van der Waals surface area contributed by atoms with Gasteiger partial charge in [0, 0.05) is 13.1 Å². The normalized spacial score (nSPS) is 13.1. The number of benzene rings is 3. The van der Waals surface area contributed by atoms with Crippen LogP contribution in [0.4, 0.5) is 9.59 Å². The van der Waals surface area contributed by atoms with Crippen molar-refractivity contribution < 1.29 is 29.0 Å². The molecule has 0 radical (unpaired) electrons. The van der Waals surface area contributed by atoms with Crippen molar-refractivity contribution in [3.63, 3.8) is 0 Å². The van der Waals surface area contributed by atoms with Crippen LogP contribution in [0.25, 0.3) is 0 Å². The lowest BCUT2D eigenvalue weighted by atomic mass is 10.0. The number of hydrazine groups is 1. The lowest BCUT2D eigenvalue weighted by Crippen LogP contribution is -2.57. The third-order valence-corrected chi connectivity index (χ3v) is 6.58. The summed E-state index contributed by atoms with van der Waals surface area (Å²) in [6.07, 6.45) is -2.17. The predicted molar refractivity (Wildman–Crippen MR) is 159 cm³/mol. The van der Waals surface area contributed by atoms with Crippen LogP contribution in [0.15, 0.2) is 91.0 Å². The van der Waals surface area contributed by atoms with Gasteiger partial charge in [0.25, 0.3) is 5.91 Å². The molecule has 42 heavy (non-hydrogen) atoms. The highest BCUT2D eigenvalue weighted by Crippen LogP contribution is 2.12. The van der Waals surface area contributed by atoms with Gasteiger partial charge < -0.3 is 25.2 Å². The summed E-state index contributed by atoms with van der Waals surface area (Å²) >= 11 is 0. The smallest absolute Gasteiger partial charge is 0.407 e. The van der Waals surface area contributed by atoms with Gasteiger partial charge >= 0.3 is 12.2 Å². The van der Waals surface area contributed by atoms with Gasteiger partial charge in [-0.25, -0.2) is 14.6 Å². The Bertz CT molecular complexity index is 1240. The van der Waals surface area contributed by atoms with E-state index in [4.69, 9.17) is 4.74 Å². The van der Waals surface area contributed by atoms with E-state index in [-0.39, 0.29) is 25.6 Å². The minimum atomic E-state index is -1.11. The minimum absolute atomic E-state index is 0.0276. The molecule has 0 saturated heterocycles. The Morgan fingerprint density at radius 3 is 1.88 bits per heavy atom. The molecule has 3 atom stereocenters. The van der Waals surface area contributed by atoms with Crippen LogP contribution in [0.5, 0.6) is 0 Å². The number of carbonyl (C=O) groups is 3. The fraction of sp³-hybridized carbons (Fsp3) is 0.344. The molecule has 3 aromatic rings. The number of carbonyl (C=O) groups excluding carboxylic acids is 3. The molecule has 0 spiro atoms. The fourth-order valence-electron chi connectivity index (χ4n) is 4.32. The molecule has 4 N–H and O–H groups in total. The molecule has 0 saturated carbocycles. The quantitative estimate of drug-likeness (QED) is 0.215. The van der Waals surface area contributed by atoms with Crippen LogP contribution in [0.2, 0.25) is 0 Å². The number of aliphatic hydroxyl groups excluding tert-OH is 1. The molecule has 3 rings (SSSR count). The zero-order chi connectivity index (χ0) is 30.3. The maximum atomic E-state index is 13.3. The summed E-state index contributed by atoms with van der Waals surface area (Å²) in [7, 11) is 1.23. The van der Waals surface area contributed by atoms with E-state index in [0.29, 0.717) is 6.42 Å². The highest BCUT2D eigenvalue weighted by Gasteiger charge is 2.29. The first-order valence-electron chi connectivity index (χ1n) is 13.9. The van der Waals surface area contributed by atoms with Crippen molar-refractivity contribution in [2.45, 2.75) is 51.6 Å². The third kappa shape index (κ3) is 10.9. The zero-order valence-corrected chi connectivity index (χ0v) is 24.2. The van der Waals surface area contributed by atoms with E-state index in [2.05, 4.69) is 20.8 Å². The second-order valence-electron chi connectivity index (χ2n) is 10.3. The first-order chi connectivity index (χ1) is 20.2. The largest absolute Gasteiger partial charge is 0.453 e.